The molecule has 4 atom stereocenters. The SMILES string of the molecule is NC(N)=NCCCC(NC(=O)C(CS)NC(=O)C(CS)NC(=O)C(N)Cc1cnc[nH]1)C(=O)O. The number of aliphatic imine (C=N–C) groups is 1. The summed E-state index contributed by atoms with van der Waals surface area (Å²) in [5, 5.41) is 16.6. The van der Waals surface area contributed by atoms with Crippen LogP contribution < -0.4 is 33.2 Å². The number of guanidine groups is 1. The van der Waals surface area contributed by atoms with Crippen LogP contribution >= 0.6 is 25.3 Å². The maximum atomic E-state index is 12.6. The first-order valence-corrected chi connectivity index (χ1v) is 11.5. The van der Waals surface area contributed by atoms with E-state index in [1.54, 1.807) is 0 Å². The lowest BCUT2D eigenvalue weighted by atomic mass is 10.1. The second-order valence-electron chi connectivity index (χ2n) is 7.22. The van der Waals surface area contributed by atoms with Crippen LogP contribution in [0.5, 0.6) is 0 Å². The summed E-state index contributed by atoms with van der Waals surface area (Å²) in [5.74, 6) is -3.62. The fraction of sp³-hybridized carbons (Fsp3) is 0.556. The number of aromatic amines is 1. The zero-order chi connectivity index (χ0) is 25.7. The largest absolute Gasteiger partial charge is 0.480 e. The Balaban J connectivity index is 2.66. The van der Waals surface area contributed by atoms with Crippen LogP contribution in [0.1, 0.15) is 18.5 Å². The summed E-state index contributed by atoms with van der Waals surface area (Å²) in [5.41, 5.74) is 16.9. The van der Waals surface area contributed by atoms with E-state index >= 15 is 0 Å². The Labute approximate surface area is 207 Å². The number of carboxylic acids is 1. The summed E-state index contributed by atoms with van der Waals surface area (Å²) in [6.07, 6.45) is 3.52. The number of amides is 3. The fourth-order valence-electron chi connectivity index (χ4n) is 2.70. The molecule has 0 aromatic carbocycles. The smallest absolute Gasteiger partial charge is 0.326 e. The van der Waals surface area contributed by atoms with E-state index in [-0.39, 0.29) is 36.9 Å². The number of nitrogens with zero attached hydrogens (tertiary/aromatic N) is 2. The molecule has 0 aliphatic heterocycles. The molecule has 0 fully saturated rings. The highest BCUT2D eigenvalue weighted by atomic mass is 32.1. The first kappa shape index (κ1) is 29.1. The van der Waals surface area contributed by atoms with Crippen molar-refractivity contribution < 1.29 is 24.3 Å². The van der Waals surface area contributed by atoms with E-state index in [9.17, 15) is 24.3 Å². The van der Waals surface area contributed by atoms with Gasteiger partial charge in [0.05, 0.1) is 12.4 Å². The van der Waals surface area contributed by atoms with E-state index in [1.165, 1.54) is 12.5 Å². The Morgan fingerprint density at radius 3 is 2.06 bits per heavy atom. The van der Waals surface area contributed by atoms with E-state index in [0.717, 1.165) is 0 Å². The van der Waals surface area contributed by atoms with Crippen LogP contribution in [0.15, 0.2) is 17.5 Å². The van der Waals surface area contributed by atoms with Gasteiger partial charge in [0.1, 0.15) is 18.1 Å². The molecule has 11 N–H and O–H groups in total. The predicted octanol–water partition coefficient (Wildman–Crippen LogP) is -3.27. The minimum Gasteiger partial charge on any atom is -0.480 e. The van der Waals surface area contributed by atoms with Crippen LogP contribution in [0.4, 0.5) is 0 Å². The number of thiol groups is 2. The zero-order valence-electron chi connectivity index (χ0n) is 18.3. The Bertz CT molecular complexity index is 849. The molecule has 1 heterocycles. The minimum atomic E-state index is -1.26. The molecule has 0 spiro atoms. The molecular weight excluding hydrogens is 486 g/mol. The molecule has 0 bridgehead atoms. The highest BCUT2D eigenvalue weighted by Gasteiger charge is 2.29. The van der Waals surface area contributed by atoms with Gasteiger partial charge >= 0.3 is 5.97 Å². The molecule has 4 unspecified atom stereocenters. The second-order valence-corrected chi connectivity index (χ2v) is 7.95. The van der Waals surface area contributed by atoms with E-state index in [0.29, 0.717) is 12.1 Å². The van der Waals surface area contributed by atoms with Gasteiger partial charge in [-0.05, 0) is 12.8 Å². The monoisotopic (exact) mass is 517 g/mol. The molecule has 16 heteroatoms. The number of carbonyl (C=O) groups excluding carboxylic acids is 3. The Morgan fingerprint density at radius 1 is 1.03 bits per heavy atom. The maximum absolute atomic E-state index is 12.6. The summed E-state index contributed by atoms with van der Waals surface area (Å²) in [6.45, 7) is 0.195. The topological polar surface area (TPSA) is 244 Å². The van der Waals surface area contributed by atoms with Crippen molar-refractivity contribution in [3.63, 3.8) is 0 Å². The number of hydrogen-bond acceptors (Lipinski definition) is 9. The number of rotatable bonds is 15. The number of nitrogens with one attached hydrogen (secondary N) is 4. The van der Waals surface area contributed by atoms with Crippen molar-refractivity contribution in [1.82, 2.24) is 25.9 Å². The third-order valence-electron chi connectivity index (χ3n) is 4.52. The number of aliphatic carboxylic acids is 1. The van der Waals surface area contributed by atoms with Crippen molar-refractivity contribution in [2.45, 2.75) is 43.4 Å². The third kappa shape index (κ3) is 10.3. The lowest BCUT2D eigenvalue weighted by Gasteiger charge is -2.23. The standard InChI is InChI=1S/C18H31N9O5S2/c19-10(4-9-5-22-8-24-9)14(28)26-12(6-33)16(30)27-13(7-34)15(29)25-11(17(31)32)2-1-3-23-18(20)21/h5,8,10-13,33-34H,1-4,6-7,19H2,(H,22,24)(H,25,29)(H,26,28)(H,27,30)(H,31,32)(H4,20,21,23). The Morgan fingerprint density at radius 2 is 1.59 bits per heavy atom. The molecule has 0 saturated carbocycles. The summed E-state index contributed by atoms with van der Waals surface area (Å²) in [7, 11) is 0. The summed E-state index contributed by atoms with van der Waals surface area (Å²) < 4.78 is 0. The van der Waals surface area contributed by atoms with Crippen LogP contribution in [0.2, 0.25) is 0 Å². The van der Waals surface area contributed by atoms with E-state index in [1.807, 2.05) is 0 Å². The highest BCUT2D eigenvalue weighted by molar-refractivity contribution is 7.80. The van der Waals surface area contributed by atoms with Gasteiger partial charge in [-0.1, -0.05) is 0 Å². The summed E-state index contributed by atoms with van der Waals surface area (Å²) in [6, 6.07) is -4.42. The molecule has 14 nitrogen and oxygen atoms in total. The number of carbonyl (C=O) groups is 4. The van der Waals surface area contributed by atoms with Crippen molar-refractivity contribution in [1.29, 1.82) is 0 Å². The number of aromatic nitrogens is 2. The van der Waals surface area contributed by atoms with Crippen LogP contribution in [-0.2, 0) is 25.6 Å². The van der Waals surface area contributed by atoms with Crippen molar-refractivity contribution in [2.24, 2.45) is 22.2 Å². The van der Waals surface area contributed by atoms with E-state index < -0.39 is 47.9 Å². The molecule has 0 saturated heterocycles. The number of nitrogens with two attached hydrogens (primary N) is 3. The number of carboxylic acid groups (broad SMARTS) is 1. The number of H-pyrrole nitrogens is 1. The predicted molar refractivity (Wildman–Crippen MR) is 131 cm³/mol. The highest BCUT2D eigenvalue weighted by Crippen LogP contribution is 2.02. The molecule has 3 amide bonds. The van der Waals surface area contributed by atoms with E-state index in [4.69, 9.17) is 17.2 Å². The lowest BCUT2D eigenvalue weighted by molar-refractivity contribution is -0.142. The quantitative estimate of drug-likeness (QED) is 0.0484. The summed E-state index contributed by atoms with van der Waals surface area (Å²) in [4.78, 5) is 59.4. The Kier molecular flexibility index (Phi) is 12.8. The van der Waals surface area contributed by atoms with Gasteiger partial charge < -0.3 is 43.2 Å². The molecule has 1 rings (SSSR count). The molecule has 0 aliphatic rings. The average Bonchev–Trinajstić information content (AvgIpc) is 3.29. The first-order chi connectivity index (χ1) is 16.1. The van der Waals surface area contributed by atoms with Crippen molar-refractivity contribution in [2.75, 3.05) is 18.1 Å². The lowest BCUT2D eigenvalue weighted by Crippen LogP contribution is -2.58. The first-order valence-electron chi connectivity index (χ1n) is 10.2. The van der Waals surface area contributed by atoms with Crippen molar-refractivity contribution in [3.05, 3.63) is 18.2 Å². The molecular formula is C18H31N9O5S2. The third-order valence-corrected chi connectivity index (χ3v) is 5.25. The molecule has 0 aliphatic carbocycles. The molecule has 1 aromatic rings. The van der Waals surface area contributed by atoms with Gasteiger partial charge in [0.15, 0.2) is 5.96 Å². The van der Waals surface area contributed by atoms with Crippen LogP contribution in [-0.4, -0.2) is 86.9 Å². The van der Waals surface area contributed by atoms with Gasteiger partial charge in [-0.3, -0.25) is 19.4 Å². The maximum Gasteiger partial charge on any atom is 0.326 e. The fourth-order valence-corrected chi connectivity index (χ4v) is 3.21. The number of imidazole rings is 1. The normalized spacial score (nSPS) is 14.2. The van der Waals surface area contributed by atoms with Crippen molar-refractivity contribution >= 4 is 54.9 Å². The number of hydrogen-bond donors (Lipinski definition) is 10. The van der Waals surface area contributed by atoms with Gasteiger partial charge in [0.25, 0.3) is 0 Å². The van der Waals surface area contributed by atoms with Crippen LogP contribution in [0.3, 0.4) is 0 Å². The van der Waals surface area contributed by atoms with Crippen LogP contribution in [0, 0.1) is 0 Å². The van der Waals surface area contributed by atoms with Gasteiger partial charge in [-0.25, -0.2) is 9.78 Å². The average molecular weight is 518 g/mol. The van der Waals surface area contributed by atoms with E-state index in [2.05, 4.69) is 56.2 Å². The van der Waals surface area contributed by atoms with Crippen LogP contribution in [0.25, 0.3) is 0 Å². The van der Waals surface area contributed by atoms with Gasteiger partial charge in [0.2, 0.25) is 17.7 Å². The molecule has 0 radical (unpaired) electrons. The summed E-state index contributed by atoms with van der Waals surface area (Å²) >= 11 is 8.13. The minimum absolute atomic E-state index is 0.0641. The molecule has 34 heavy (non-hydrogen) atoms. The molecule has 1 aromatic heterocycles. The van der Waals surface area contributed by atoms with Crippen molar-refractivity contribution in [3.8, 4) is 0 Å². The Hall–Kier alpha value is -2.98. The molecule has 190 valence electrons. The van der Waals surface area contributed by atoms with Gasteiger partial charge in [0, 0.05) is 36.4 Å². The second kappa shape index (κ2) is 15.0. The van der Waals surface area contributed by atoms with Gasteiger partial charge in [-0.2, -0.15) is 25.3 Å². The zero-order valence-corrected chi connectivity index (χ0v) is 20.1. The van der Waals surface area contributed by atoms with Gasteiger partial charge in [-0.15, -0.1) is 0 Å².